The first-order valence-corrected chi connectivity index (χ1v) is 7.83. The van der Waals surface area contributed by atoms with Gasteiger partial charge in [-0.15, -0.1) is 0 Å². The predicted octanol–water partition coefficient (Wildman–Crippen LogP) is 3.29. The number of hydrogen-bond acceptors (Lipinski definition) is 4. The van der Waals surface area contributed by atoms with E-state index in [1.165, 1.54) is 6.42 Å². The Hall–Kier alpha value is -0.530. The van der Waals surface area contributed by atoms with Crippen molar-refractivity contribution in [2.75, 3.05) is 11.9 Å². The lowest BCUT2D eigenvalue weighted by molar-refractivity contribution is -0.117. The molecule has 1 aliphatic rings. The molecule has 1 aromatic rings. The third kappa shape index (κ3) is 4.81. The number of hydrogen-bond donors (Lipinski definition) is 1. The lowest BCUT2D eigenvalue weighted by Gasteiger charge is -2.22. The fraction of sp³-hybridized carbons (Fsp3) is 0.583. The zero-order valence-corrected chi connectivity index (χ0v) is 13.5. The minimum Gasteiger partial charge on any atom is -0.378 e. The number of aromatic nitrogens is 2. The van der Waals surface area contributed by atoms with E-state index in [0.29, 0.717) is 21.4 Å². The van der Waals surface area contributed by atoms with E-state index in [-0.39, 0.29) is 12.0 Å². The van der Waals surface area contributed by atoms with Crippen molar-refractivity contribution in [1.29, 1.82) is 0 Å². The molecule has 2 rings (SSSR count). The van der Waals surface area contributed by atoms with Gasteiger partial charge in [0.2, 0.25) is 5.91 Å². The number of anilines is 1. The van der Waals surface area contributed by atoms with Crippen LogP contribution in [-0.4, -0.2) is 28.6 Å². The maximum atomic E-state index is 11.8. The van der Waals surface area contributed by atoms with Gasteiger partial charge in [0.05, 0.1) is 12.3 Å². The number of amides is 1. The lowest BCUT2D eigenvalue weighted by Crippen LogP contribution is -2.22. The number of nitrogens with one attached hydrogen (secondary N) is 1. The molecule has 1 amide bonds. The van der Waals surface area contributed by atoms with Gasteiger partial charge in [-0.2, -0.15) is 0 Å². The largest absolute Gasteiger partial charge is 0.378 e. The van der Waals surface area contributed by atoms with E-state index in [1.807, 2.05) is 0 Å². The van der Waals surface area contributed by atoms with Crippen LogP contribution in [-0.2, 0) is 9.53 Å². The summed E-state index contributed by atoms with van der Waals surface area (Å²) >= 11 is 6.47. The molecule has 0 spiro atoms. The summed E-state index contributed by atoms with van der Waals surface area (Å²) in [7, 11) is 0. The molecule has 2 heterocycles. The standard InChI is InChI=1S/C12H15Br2N3O2/c13-9-7-15-12(11(14)16-9)17-10(18)5-4-8-3-1-2-6-19-8/h7-8H,1-6H2,(H,15,17,18). The van der Waals surface area contributed by atoms with Gasteiger partial charge in [-0.25, -0.2) is 9.97 Å². The molecule has 1 fully saturated rings. The van der Waals surface area contributed by atoms with Crippen LogP contribution >= 0.6 is 31.9 Å². The first kappa shape index (κ1) is 14.9. The van der Waals surface area contributed by atoms with Gasteiger partial charge in [-0.1, -0.05) is 0 Å². The van der Waals surface area contributed by atoms with Crippen molar-refractivity contribution in [1.82, 2.24) is 9.97 Å². The fourth-order valence-electron chi connectivity index (χ4n) is 1.95. The van der Waals surface area contributed by atoms with E-state index < -0.39 is 0 Å². The van der Waals surface area contributed by atoms with Crippen LogP contribution in [0.1, 0.15) is 32.1 Å². The summed E-state index contributed by atoms with van der Waals surface area (Å²) < 4.78 is 6.73. The topological polar surface area (TPSA) is 64.1 Å². The van der Waals surface area contributed by atoms with E-state index in [4.69, 9.17) is 4.74 Å². The van der Waals surface area contributed by atoms with Crippen molar-refractivity contribution in [2.45, 2.75) is 38.2 Å². The Morgan fingerprint density at radius 2 is 2.32 bits per heavy atom. The Morgan fingerprint density at radius 1 is 1.47 bits per heavy atom. The van der Waals surface area contributed by atoms with Crippen molar-refractivity contribution in [2.24, 2.45) is 0 Å². The molecule has 104 valence electrons. The summed E-state index contributed by atoms with van der Waals surface area (Å²) in [6.45, 7) is 0.815. The zero-order valence-electron chi connectivity index (χ0n) is 10.4. The third-order valence-corrected chi connectivity index (χ3v) is 3.86. The van der Waals surface area contributed by atoms with E-state index in [0.717, 1.165) is 25.9 Å². The highest BCUT2D eigenvalue weighted by Gasteiger charge is 2.16. The normalized spacial score (nSPS) is 19.2. The van der Waals surface area contributed by atoms with Crippen LogP contribution in [0.15, 0.2) is 15.4 Å². The van der Waals surface area contributed by atoms with Crippen LogP contribution in [0.25, 0.3) is 0 Å². The second-order valence-corrected chi connectivity index (χ2v) is 5.97. The third-order valence-electron chi connectivity index (χ3n) is 2.93. The van der Waals surface area contributed by atoms with Gasteiger partial charge in [-0.3, -0.25) is 4.79 Å². The molecule has 0 saturated carbocycles. The average Bonchev–Trinajstić information content (AvgIpc) is 2.41. The number of carbonyl (C=O) groups is 1. The summed E-state index contributed by atoms with van der Waals surface area (Å²) in [6, 6.07) is 0. The SMILES string of the molecule is O=C(CCC1CCCCO1)Nc1ncc(Br)nc1Br. The number of nitrogens with zero attached hydrogens (tertiary/aromatic N) is 2. The van der Waals surface area contributed by atoms with Crippen molar-refractivity contribution in [3.8, 4) is 0 Å². The van der Waals surface area contributed by atoms with E-state index in [9.17, 15) is 4.79 Å². The van der Waals surface area contributed by atoms with Gasteiger partial charge in [0.25, 0.3) is 0 Å². The molecule has 1 aromatic heterocycles. The summed E-state index contributed by atoms with van der Waals surface area (Å²) in [6.07, 6.45) is 6.33. The molecule has 0 bridgehead atoms. The highest BCUT2D eigenvalue weighted by Crippen LogP contribution is 2.20. The Kier molecular flexibility index (Phi) is 5.72. The molecule has 0 aromatic carbocycles. The van der Waals surface area contributed by atoms with Gasteiger partial charge < -0.3 is 10.1 Å². The fourth-order valence-corrected chi connectivity index (χ4v) is 2.86. The molecule has 1 saturated heterocycles. The van der Waals surface area contributed by atoms with Gasteiger partial charge in [0, 0.05) is 13.0 Å². The highest BCUT2D eigenvalue weighted by atomic mass is 79.9. The van der Waals surface area contributed by atoms with E-state index in [2.05, 4.69) is 47.1 Å². The minimum atomic E-state index is -0.0634. The molecular formula is C12H15Br2N3O2. The number of rotatable bonds is 4. The van der Waals surface area contributed by atoms with Gasteiger partial charge in [0.15, 0.2) is 5.82 Å². The smallest absolute Gasteiger partial charge is 0.225 e. The van der Waals surface area contributed by atoms with Crippen LogP contribution in [0.2, 0.25) is 0 Å². The lowest BCUT2D eigenvalue weighted by atomic mass is 10.0. The number of ether oxygens (including phenoxy) is 1. The van der Waals surface area contributed by atoms with Crippen LogP contribution in [0.3, 0.4) is 0 Å². The molecule has 7 heteroatoms. The van der Waals surface area contributed by atoms with Crippen LogP contribution in [0, 0.1) is 0 Å². The number of halogens is 2. The molecule has 19 heavy (non-hydrogen) atoms. The van der Waals surface area contributed by atoms with Crippen molar-refractivity contribution in [3.05, 3.63) is 15.4 Å². The Balaban J connectivity index is 1.80. The maximum absolute atomic E-state index is 11.8. The Morgan fingerprint density at radius 3 is 3.00 bits per heavy atom. The first-order valence-electron chi connectivity index (χ1n) is 6.24. The summed E-state index contributed by atoms with van der Waals surface area (Å²) in [4.78, 5) is 20.0. The second-order valence-electron chi connectivity index (χ2n) is 4.41. The maximum Gasteiger partial charge on any atom is 0.225 e. The number of carbonyl (C=O) groups excluding carboxylic acids is 1. The van der Waals surface area contributed by atoms with Crippen LogP contribution < -0.4 is 5.32 Å². The van der Waals surface area contributed by atoms with E-state index >= 15 is 0 Å². The van der Waals surface area contributed by atoms with Gasteiger partial charge in [0.1, 0.15) is 9.21 Å². The molecule has 5 nitrogen and oxygen atoms in total. The molecule has 1 unspecified atom stereocenters. The van der Waals surface area contributed by atoms with Gasteiger partial charge >= 0.3 is 0 Å². The molecule has 1 N–H and O–H groups in total. The van der Waals surface area contributed by atoms with Crippen molar-refractivity contribution < 1.29 is 9.53 Å². The van der Waals surface area contributed by atoms with Crippen LogP contribution in [0.5, 0.6) is 0 Å². The summed E-state index contributed by atoms with van der Waals surface area (Å²) in [5.41, 5.74) is 0. The minimum absolute atomic E-state index is 0.0634. The quantitative estimate of drug-likeness (QED) is 0.853. The Bertz CT molecular complexity index is 451. The highest BCUT2D eigenvalue weighted by molar-refractivity contribution is 9.11. The monoisotopic (exact) mass is 391 g/mol. The predicted molar refractivity (Wildman–Crippen MR) is 78.9 cm³/mol. The molecule has 1 aliphatic heterocycles. The molecule has 0 aliphatic carbocycles. The molecular weight excluding hydrogens is 378 g/mol. The Labute approximate surface area is 128 Å². The second kappa shape index (κ2) is 7.31. The zero-order chi connectivity index (χ0) is 13.7. The van der Waals surface area contributed by atoms with Crippen molar-refractivity contribution >= 4 is 43.6 Å². The van der Waals surface area contributed by atoms with Crippen molar-refractivity contribution in [3.63, 3.8) is 0 Å². The summed E-state index contributed by atoms with van der Waals surface area (Å²) in [5, 5.41) is 2.74. The first-order chi connectivity index (χ1) is 9.15. The van der Waals surface area contributed by atoms with Gasteiger partial charge in [-0.05, 0) is 57.5 Å². The summed E-state index contributed by atoms with van der Waals surface area (Å²) in [5.74, 6) is 0.379. The van der Waals surface area contributed by atoms with Crippen LogP contribution in [0.4, 0.5) is 5.82 Å². The van der Waals surface area contributed by atoms with E-state index in [1.54, 1.807) is 6.20 Å². The molecule has 0 radical (unpaired) electrons. The molecule has 1 atom stereocenters. The average molecular weight is 393 g/mol.